The molecule has 0 aliphatic carbocycles. The highest BCUT2D eigenvalue weighted by atomic mass is 32.1. The lowest BCUT2D eigenvalue weighted by atomic mass is 10.4. The van der Waals surface area contributed by atoms with Crippen molar-refractivity contribution in [2.75, 3.05) is 5.73 Å². The van der Waals surface area contributed by atoms with Crippen molar-refractivity contribution in [3.8, 4) is 0 Å². The molecule has 2 aromatic heterocycles. The summed E-state index contributed by atoms with van der Waals surface area (Å²) in [5, 5.41) is 2.44. The van der Waals surface area contributed by atoms with Crippen molar-refractivity contribution in [2.24, 2.45) is 0 Å². The van der Waals surface area contributed by atoms with Crippen LogP contribution in [0.25, 0.3) is 12.2 Å². The van der Waals surface area contributed by atoms with Crippen molar-refractivity contribution < 1.29 is 4.42 Å². The average molecular weight is 207 g/mol. The van der Waals surface area contributed by atoms with Crippen molar-refractivity contribution in [1.29, 1.82) is 0 Å². The van der Waals surface area contributed by atoms with Crippen molar-refractivity contribution in [2.45, 2.75) is 6.92 Å². The van der Waals surface area contributed by atoms with Gasteiger partial charge in [-0.1, -0.05) is 0 Å². The second kappa shape index (κ2) is 3.63. The van der Waals surface area contributed by atoms with Gasteiger partial charge in [-0.05, 0) is 13.0 Å². The molecule has 0 unspecified atom stereocenters. The Kier molecular flexibility index (Phi) is 2.32. The maximum absolute atomic E-state index is 5.49. The third kappa shape index (κ3) is 2.00. The summed E-state index contributed by atoms with van der Waals surface area (Å²) in [6, 6.07) is 0. The van der Waals surface area contributed by atoms with Gasteiger partial charge >= 0.3 is 0 Å². The number of hydrogen-bond donors (Lipinski definition) is 1. The zero-order valence-corrected chi connectivity index (χ0v) is 8.41. The molecule has 2 N–H and O–H groups in total. The fourth-order valence-electron chi connectivity index (χ4n) is 0.983. The largest absolute Gasteiger partial charge is 0.445 e. The molecule has 0 atom stereocenters. The summed E-state index contributed by atoms with van der Waals surface area (Å²) < 4.78 is 5.14. The Morgan fingerprint density at radius 3 is 2.86 bits per heavy atom. The van der Waals surface area contributed by atoms with Gasteiger partial charge in [-0.15, -0.1) is 11.3 Å². The van der Waals surface area contributed by atoms with Gasteiger partial charge in [0.15, 0.2) is 5.13 Å². The van der Waals surface area contributed by atoms with Gasteiger partial charge in [0, 0.05) is 11.5 Å². The van der Waals surface area contributed by atoms with Gasteiger partial charge < -0.3 is 10.2 Å². The zero-order chi connectivity index (χ0) is 9.97. The Labute approximate surface area is 85.1 Å². The van der Waals surface area contributed by atoms with Crippen molar-refractivity contribution >= 4 is 28.6 Å². The van der Waals surface area contributed by atoms with Crippen LogP contribution in [0.3, 0.4) is 0 Å². The molecule has 72 valence electrons. The zero-order valence-electron chi connectivity index (χ0n) is 7.60. The predicted molar refractivity (Wildman–Crippen MR) is 56.7 cm³/mol. The fraction of sp³-hybridized carbons (Fsp3) is 0.111. The summed E-state index contributed by atoms with van der Waals surface area (Å²) in [5.41, 5.74) is 7.17. The van der Waals surface area contributed by atoms with E-state index in [4.69, 9.17) is 10.2 Å². The van der Waals surface area contributed by atoms with Gasteiger partial charge in [-0.25, -0.2) is 9.97 Å². The van der Waals surface area contributed by atoms with Gasteiger partial charge in [-0.3, -0.25) is 0 Å². The number of thiazole rings is 1. The van der Waals surface area contributed by atoms with E-state index < -0.39 is 0 Å². The fourth-order valence-corrected chi connectivity index (χ4v) is 1.51. The molecule has 0 aliphatic rings. The SMILES string of the molecule is Cc1coc(/C=C/c2csc(N)n2)n1. The van der Waals surface area contributed by atoms with E-state index in [1.54, 1.807) is 12.3 Å². The normalized spacial score (nSPS) is 11.2. The minimum absolute atomic E-state index is 0.563. The number of nitrogens with zero attached hydrogens (tertiary/aromatic N) is 2. The third-order valence-corrected chi connectivity index (χ3v) is 2.27. The van der Waals surface area contributed by atoms with Crippen LogP contribution in [0.4, 0.5) is 5.13 Å². The molecule has 0 aromatic carbocycles. The number of nitrogen functional groups attached to an aromatic ring is 1. The maximum Gasteiger partial charge on any atom is 0.218 e. The minimum atomic E-state index is 0.563. The monoisotopic (exact) mass is 207 g/mol. The van der Waals surface area contributed by atoms with Crippen LogP contribution in [-0.4, -0.2) is 9.97 Å². The molecule has 2 heterocycles. The average Bonchev–Trinajstić information content (AvgIpc) is 2.72. The lowest BCUT2D eigenvalue weighted by Crippen LogP contribution is -1.81. The first-order valence-electron chi connectivity index (χ1n) is 4.05. The number of oxazole rings is 1. The molecular formula is C9H9N3OS. The maximum atomic E-state index is 5.49. The Balaban J connectivity index is 2.14. The number of nitrogens with two attached hydrogens (primary N) is 1. The second-order valence-corrected chi connectivity index (χ2v) is 3.66. The van der Waals surface area contributed by atoms with E-state index in [1.807, 2.05) is 18.4 Å². The van der Waals surface area contributed by atoms with Gasteiger partial charge in [-0.2, -0.15) is 0 Å². The molecule has 0 spiro atoms. The van der Waals surface area contributed by atoms with Crippen LogP contribution >= 0.6 is 11.3 Å². The van der Waals surface area contributed by atoms with Crippen molar-refractivity contribution in [1.82, 2.24) is 9.97 Å². The number of aromatic nitrogens is 2. The Morgan fingerprint density at radius 2 is 2.29 bits per heavy atom. The van der Waals surface area contributed by atoms with Crippen LogP contribution in [0.15, 0.2) is 16.1 Å². The van der Waals surface area contributed by atoms with E-state index >= 15 is 0 Å². The minimum Gasteiger partial charge on any atom is -0.445 e. The second-order valence-electron chi connectivity index (χ2n) is 2.77. The van der Waals surface area contributed by atoms with Crippen LogP contribution in [0.1, 0.15) is 17.3 Å². The summed E-state index contributed by atoms with van der Waals surface area (Å²) in [5.74, 6) is 0.578. The molecule has 4 nitrogen and oxygen atoms in total. The van der Waals surface area contributed by atoms with Crippen LogP contribution in [-0.2, 0) is 0 Å². The van der Waals surface area contributed by atoms with Crippen LogP contribution in [0.2, 0.25) is 0 Å². The molecule has 14 heavy (non-hydrogen) atoms. The van der Waals surface area contributed by atoms with E-state index in [1.165, 1.54) is 11.3 Å². The molecule has 0 fully saturated rings. The highest BCUT2D eigenvalue weighted by Gasteiger charge is 1.96. The Bertz CT molecular complexity index is 416. The molecule has 0 saturated heterocycles. The van der Waals surface area contributed by atoms with Gasteiger partial charge in [0.1, 0.15) is 6.26 Å². The molecule has 0 bridgehead atoms. The van der Waals surface area contributed by atoms with Gasteiger partial charge in [0.25, 0.3) is 0 Å². The first kappa shape index (κ1) is 8.96. The van der Waals surface area contributed by atoms with Gasteiger partial charge in [0.2, 0.25) is 5.89 Å². The Hall–Kier alpha value is -1.62. The highest BCUT2D eigenvalue weighted by molar-refractivity contribution is 7.13. The molecule has 2 aromatic rings. The van der Waals surface area contributed by atoms with E-state index in [0.717, 1.165) is 11.4 Å². The van der Waals surface area contributed by atoms with E-state index in [2.05, 4.69) is 9.97 Å². The number of hydrogen-bond acceptors (Lipinski definition) is 5. The molecule has 0 radical (unpaired) electrons. The lowest BCUT2D eigenvalue weighted by molar-refractivity contribution is 0.546. The van der Waals surface area contributed by atoms with Gasteiger partial charge in [0.05, 0.1) is 11.4 Å². The van der Waals surface area contributed by atoms with Crippen LogP contribution in [0.5, 0.6) is 0 Å². The van der Waals surface area contributed by atoms with Crippen molar-refractivity contribution in [3.05, 3.63) is 28.9 Å². The topological polar surface area (TPSA) is 64.9 Å². The summed E-state index contributed by atoms with van der Waals surface area (Å²) in [7, 11) is 0. The standard InChI is InChI=1S/C9H9N3OS/c1-6-4-13-8(11-6)3-2-7-5-14-9(10)12-7/h2-5H,1H3,(H2,10,12)/b3-2+. The number of rotatable bonds is 2. The predicted octanol–water partition coefficient (Wildman–Crippen LogP) is 2.19. The summed E-state index contributed by atoms with van der Waals surface area (Å²) in [6.07, 6.45) is 5.19. The molecular weight excluding hydrogens is 198 g/mol. The first-order valence-corrected chi connectivity index (χ1v) is 4.93. The summed E-state index contributed by atoms with van der Waals surface area (Å²) in [4.78, 5) is 8.20. The van der Waals surface area contributed by atoms with Crippen LogP contribution < -0.4 is 5.73 Å². The molecule has 0 aliphatic heterocycles. The van der Waals surface area contributed by atoms with Crippen LogP contribution in [0, 0.1) is 6.92 Å². The lowest BCUT2D eigenvalue weighted by Gasteiger charge is -1.81. The highest BCUT2D eigenvalue weighted by Crippen LogP contribution is 2.13. The first-order chi connectivity index (χ1) is 6.74. The molecule has 0 saturated carbocycles. The molecule has 5 heteroatoms. The van der Waals surface area contributed by atoms with E-state index in [-0.39, 0.29) is 0 Å². The number of aryl methyl sites for hydroxylation is 1. The quantitative estimate of drug-likeness (QED) is 0.819. The summed E-state index contributed by atoms with van der Waals surface area (Å²) >= 11 is 1.41. The summed E-state index contributed by atoms with van der Waals surface area (Å²) in [6.45, 7) is 1.88. The van der Waals surface area contributed by atoms with Crippen molar-refractivity contribution in [3.63, 3.8) is 0 Å². The van der Waals surface area contributed by atoms with E-state index in [9.17, 15) is 0 Å². The third-order valence-electron chi connectivity index (χ3n) is 1.57. The number of anilines is 1. The molecule has 0 amide bonds. The Morgan fingerprint density at radius 1 is 1.43 bits per heavy atom. The smallest absolute Gasteiger partial charge is 0.218 e. The van der Waals surface area contributed by atoms with E-state index in [0.29, 0.717) is 11.0 Å². The molecule has 2 rings (SSSR count).